The lowest BCUT2D eigenvalue weighted by Gasteiger charge is -2.32. The standard InChI is InChI=1S/C7H8O3/c8-5-3-7(6(9)10)1-4(5)2-7/h4H,1-3H2,(H,9,10). The number of ketones is 1. The first-order chi connectivity index (χ1) is 4.64. The molecule has 0 atom stereocenters. The van der Waals surface area contributed by atoms with Crippen molar-refractivity contribution in [3.63, 3.8) is 0 Å². The topological polar surface area (TPSA) is 54.4 Å². The number of rotatable bonds is 1. The third-order valence-electron chi connectivity index (χ3n) is 2.70. The SMILES string of the molecule is O=C1CC2(C(=O)O)CC1C2. The Balaban J connectivity index is 2.25. The average Bonchev–Trinajstić information content (AvgIpc) is 2.16. The fourth-order valence-corrected chi connectivity index (χ4v) is 1.98. The molecule has 54 valence electrons. The molecule has 0 heterocycles. The molecule has 0 spiro atoms. The molecule has 2 bridgehead atoms. The molecule has 0 aliphatic heterocycles. The zero-order valence-electron chi connectivity index (χ0n) is 5.46. The van der Waals surface area contributed by atoms with Gasteiger partial charge in [-0.2, -0.15) is 0 Å². The van der Waals surface area contributed by atoms with E-state index >= 15 is 0 Å². The zero-order valence-corrected chi connectivity index (χ0v) is 5.46. The molecular formula is C7H8O3. The number of carboxylic acids is 1. The number of carbonyl (C=O) groups excluding carboxylic acids is 1. The van der Waals surface area contributed by atoms with E-state index in [4.69, 9.17) is 5.11 Å². The minimum absolute atomic E-state index is 0.0936. The van der Waals surface area contributed by atoms with Crippen LogP contribution >= 0.6 is 0 Å². The maximum absolute atomic E-state index is 10.9. The summed E-state index contributed by atoms with van der Waals surface area (Å²) in [4.78, 5) is 21.4. The van der Waals surface area contributed by atoms with Crippen molar-refractivity contribution in [1.29, 1.82) is 0 Å². The van der Waals surface area contributed by atoms with Gasteiger partial charge in [0.25, 0.3) is 0 Å². The smallest absolute Gasteiger partial charge is 0.310 e. The molecule has 3 rings (SSSR count). The van der Waals surface area contributed by atoms with Gasteiger partial charge in [-0.1, -0.05) is 0 Å². The summed E-state index contributed by atoms with van der Waals surface area (Å²) in [6, 6.07) is 0. The van der Waals surface area contributed by atoms with Gasteiger partial charge in [0.15, 0.2) is 0 Å². The third-order valence-corrected chi connectivity index (χ3v) is 2.70. The second-order valence-electron chi connectivity index (χ2n) is 3.33. The summed E-state index contributed by atoms with van der Waals surface area (Å²) in [5.41, 5.74) is -0.623. The van der Waals surface area contributed by atoms with E-state index in [2.05, 4.69) is 0 Å². The van der Waals surface area contributed by atoms with Crippen molar-refractivity contribution in [3.8, 4) is 0 Å². The minimum Gasteiger partial charge on any atom is -0.481 e. The average molecular weight is 140 g/mol. The van der Waals surface area contributed by atoms with E-state index in [9.17, 15) is 9.59 Å². The summed E-state index contributed by atoms with van der Waals surface area (Å²) in [5.74, 6) is -0.534. The predicted octanol–water partition coefficient (Wildman–Crippen LogP) is 0.440. The first-order valence-corrected chi connectivity index (χ1v) is 3.40. The highest BCUT2D eigenvalue weighted by Gasteiger charge is 2.60. The molecule has 0 aromatic rings. The van der Waals surface area contributed by atoms with Crippen LogP contribution in [0.25, 0.3) is 0 Å². The van der Waals surface area contributed by atoms with Gasteiger partial charge in [0, 0.05) is 12.3 Å². The van der Waals surface area contributed by atoms with Gasteiger partial charge in [-0.25, -0.2) is 0 Å². The van der Waals surface area contributed by atoms with Gasteiger partial charge < -0.3 is 5.11 Å². The number of Topliss-reactive ketones (excluding diaryl/α,β-unsaturated/α-hetero) is 1. The molecule has 0 amide bonds. The highest BCUT2D eigenvalue weighted by molar-refractivity contribution is 5.96. The lowest BCUT2D eigenvalue weighted by molar-refractivity contribution is -0.153. The van der Waals surface area contributed by atoms with Crippen LogP contribution in [0.3, 0.4) is 0 Å². The number of hydrogen-bond donors (Lipinski definition) is 1. The molecule has 0 radical (unpaired) electrons. The normalized spacial score (nSPS) is 43.2. The molecule has 0 aromatic heterocycles. The van der Waals surface area contributed by atoms with Crippen LogP contribution in [-0.4, -0.2) is 16.9 Å². The lowest BCUT2D eigenvalue weighted by atomic mass is 9.70. The van der Waals surface area contributed by atoms with Crippen molar-refractivity contribution >= 4 is 11.8 Å². The second kappa shape index (κ2) is 1.41. The van der Waals surface area contributed by atoms with Crippen LogP contribution in [0.2, 0.25) is 0 Å². The van der Waals surface area contributed by atoms with Gasteiger partial charge in [-0.15, -0.1) is 0 Å². The van der Waals surface area contributed by atoms with Crippen LogP contribution in [-0.2, 0) is 9.59 Å². The summed E-state index contributed by atoms with van der Waals surface area (Å²) in [7, 11) is 0. The van der Waals surface area contributed by atoms with Crippen molar-refractivity contribution in [2.45, 2.75) is 19.3 Å². The number of carboxylic acid groups (broad SMARTS) is 1. The summed E-state index contributed by atoms with van der Waals surface area (Å²) in [6.07, 6.45) is 1.48. The maximum atomic E-state index is 10.9. The number of aliphatic carboxylic acids is 1. The van der Waals surface area contributed by atoms with Gasteiger partial charge in [-0.05, 0) is 12.8 Å². The Morgan fingerprint density at radius 3 is 2.40 bits per heavy atom. The summed E-state index contributed by atoms with van der Waals surface area (Å²) < 4.78 is 0. The van der Waals surface area contributed by atoms with E-state index in [1.54, 1.807) is 0 Å². The maximum Gasteiger partial charge on any atom is 0.310 e. The van der Waals surface area contributed by atoms with Crippen molar-refractivity contribution in [1.82, 2.24) is 0 Å². The first kappa shape index (κ1) is 5.89. The molecule has 3 heteroatoms. The summed E-state index contributed by atoms with van der Waals surface area (Å²) in [5, 5.41) is 8.68. The minimum atomic E-state index is -0.783. The van der Waals surface area contributed by atoms with Crippen LogP contribution in [0, 0.1) is 11.3 Å². The summed E-state index contributed by atoms with van der Waals surface area (Å²) in [6.45, 7) is 0. The van der Waals surface area contributed by atoms with Crippen LogP contribution in [0.5, 0.6) is 0 Å². The predicted molar refractivity (Wildman–Crippen MR) is 32.4 cm³/mol. The van der Waals surface area contributed by atoms with E-state index in [0.717, 1.165) is 0 Å². The van der Waals surface area contributed by atoms with Crippen molar-refractivity contribution in [3.05, 3.63) is 0 Å². The lowest BCUT2D eigenvalue weighted by Crippen LogP contribution is -2.36. The molecule has 1 N–H and O–H groups in total. The highest BCUT2D eigenvalue weighted by Crippen LogP contribution is 2.56. The molecule has 3 saturated carbocycles. The van der Waals surface area contributed by atoms with Crippen molar-refractivity contribution < 1.29 is 14.7 Å². The van der Waals surface area contributed by atoms with Gasteiger partial charge in [0.2, 0.25) is 0 Å². The van der Waals surface area contributed by atoms with Gasteiger partial charge in [-0.3, -0.25) is 9.59 Å². The Morgan fingerprint density at radius 2 is 2.20 bits per heavy atom. The van der Waals surface area contributed by atoms with E-state index in [0.29, 0.717) is 12.8 Å². The first-order valence-electron chi connectivity index (χ1n) is 3.40. The van der Waals surface area contributed by atoms with Gasteiger partial charge >= 0.3 is 5.97 Å². The van der Waals surface area contributed by atoms with Crippen LogP contribution in [0.1, 0.15) is 19.3 Å². The van der Waals surface area contributed by atoms with Crippen molar-refractivity contribution in [2.75, 3.05) is 0 Å². The molecule has 3 fully saturated rings. The molecule has 3 aliphatic rings. The quantitative estimate of drug-likeness (QED) is 0.575. The fraction of sp³-hybridized carbons (Fsp3) is 0.714. The Morgan fingerprint density at radius 1 is 1.60 bits per heavy atom. The number of fused-ring (bicyclic) bond motifs is 1. The molecule has 3 aliphatic carbocycles. The monoisotopic (exact) mass is 140 g/mol. The van der Waals surface area contributed by atoms with Gasteiger partial charge in [0.05, 0.1) is 5.41 Å². The fourth-order valence-electron chi connectivity index (χ4n) is 1.98. The van der Waals surface area contributed by atoms with Crippen molar-refractivity contribution in [2.24, 2.45) is 11.3 Å². The molecule has 0 unspecified atom stereocenters. The zero-order chi connectivity index (χ0) is 7.35. The van der Waals surface area contributed by atoms with E-state index in [-0.39, 0.29) is 18.1 Å². The van der Waals surface area contributed by atoms with E-state index in [1.165, 1.54) is 0 Å². The van der Waals surface area contributed by atoms with E-state index in [1.807, 2.05) is 0 Å². The number of hydrogen-bond acceptors (Lipinski definition) is 2. The summed E-state index contributed by atoms with van der Waals surface area (Å²) >= 11 is 0. The molecule has 3 nitrogen and oxygen atoms in total. The third kappa shape index (κ3) is 0.462. The van der Waals surface area contributed by atoms with Crippen LogP contribution in [0.15, 0.2) is 0 Å². The van der Waals surface area contributed by atoms with Crippen LogP contribution in [0.4, 0.5) is 0 Å². The van der Waals surface area contributed by atoms with Gasteiger partial charge in [0.1, 0.15) is 5.78 Å². The highest BCUT2D eigenvalue weighted by atomic mass is 16.4. The Kier molecular flexibility index (Phi) is 0.832. The largest absolute Gasteiger partial charge is 0.481 e. The Hall–Kier alpha value is -0.860. The van der Waals surface area contributed by atoms with Crippen LogP contribution < -0.4 is 0 Å². The van der Waals surface area contributed by atoms with E-state index < -0.39 is 11.4 Å². The second-order valence-corrected chi connectivity index (χ2v) is 3.33. The Bertz CT molecular complexity index is 213. The molecule has 10 heavy (non-hydrogen) atoms. The molecule has 0 saturated heterocycles. The Labute approximate surface area is 58.0 Å². The molecule has 0 aromatic carbocycles. The molecular weight excluding hydrogens is 132 g/mol. The number of carbonyl (C=O) groups is 2.